The van der Waals surface area contributed by atoms with Gasteiger partial charge in [0.1, 0.15) is 0 Å². The molecule has 2 aliphatic rings. The van der Waals surface area contributed by atoms with Crippen molar-refractivity contribution in [1.82, 2.24) is 13.7 Å². The topological polar surface area (TPSA) is 45.1 Å². The monoisotopic (exact) mass is 1570 g/mol. The van der Waals surface area contributed by atoms with E-state index < -0.39 is 0 Å². The lowest BCUT2D eigenvalue weighted by Gasteiger charge is -2.46. The molecule has 24 rings (SSSR count). The summed E-state index contributed by atoms with van der Waals surface area (Å²) in [6, 6.07) is 138. The number of hydrogen-bond acceptors (Lipinski definition) is 5. The fourth-order valence-corrected chi connectivity index (χ4v) is 22.4. The van der Waals surface area contributed by atoms with Crippen LogP contribution in [0.5, 0.6) is 0 Å². The van der Waals surface area contributed by atoms with Crippen molar-refractivity contribution in [2.45, 2.75) is 52.4 Å². The van der Waals surface area contributed by atoms with Gasteiger partial charge >= 0.3 is 0 Å². The molecule has 0 unspecified atom stereocenters. The Balaban J connectivity index is 0.923. The maximum Gasteiger partial charge on any atom is 0.252 e. The van der Waals surface area contributed by atoms with Gasteiger partial charge in [0.2, 0.25) is 0 Å². The molecular formula is C111H77BN6S2. The van der Waals surface area contributed by atoms with Crippen LogP contribution in [0.4, 0.5) is 34.1 Å². The Hall–Kier alpha value is -14.3. The van der Waals surface area contributed by atoms with Gasteiger partial charge < -0.3 is 23.5 Å². The molecule has 17 aromatic carbocycles. The van der Waals surface area contributed by atoms with Gasteiger partial charge in [0.25, 0.3) is 6.71 Å². The second-order valence-electron chi connectivity index (χ2n) is 34.6. The van der Waals surface area contributed by atoms with E-state index in [0.717, 1.165) is 145 Å². The van der Waals surface area contributed by atoms with Crippen LogP contribution in [0.2, 0.25) is 0 Å². The highest BCUT2D eigenvalue weighted by atomic mass is 32.1. The summed E-state index contributed by atoms with van der Waals surface area (Å²) in [7, 11) is 0. The zero-order chi connectivity index (χ0) is 80.1. The Labute approximate surface area is 703 Å². The van der Waals surface area contributed by atoms with Crippen molar-refractivity contribution in [3.05, 3.63) is 375 Å². The Kier molecular flexibility index (Phi) is 15.4. The van der Waals surface area contributed by atoms with Crippen molar-refractivity contribution in [2.75, 3.05) is 9.80 Å². The van der Waals surface area contributed by atoms with E-state index in [1.807, 2.05) is 28.7 Å². The maximum absolute atomic E-state index is 10.9. The Bertz CT molecular complexity index is 8070. The molecule has 0 bridgehead atoms. The van der Waals surface area contributed by atoms with E-state index in [0.29, 0.717) is 5.56 Å². The standard InChI is InChI=1S/C111H77BN6S2/c1-110(2,3)73-51-56-104-87(61-73)86-58-72(50-55-103(86)119-104)84-62-74(111(4,5)6)63-101(116-93-42-22-15-33-78(93)79-34-16-23-43-94(79)116)109(84)118-97-54-49-71(69-29-11-8-12-30-69)60-89(97)112-88-59-70(68-27-9-7-10-28-68)48-53-96(88)117(99-64-75(65-100(118)107(99)112)114-90-39-19-17-35-80(90)85-57-67(66-113)47-52-95(85)114)108-82(81-37-26-46-105-106(81)83-36-18-24-45-102(83)120-105)38-25-44-98(108)115-91-40-20-13-31-76(91)77-32-14-21-41-92(77)115/h7-65H,1-6H3. The molecule has 0 saturated heterocycles. The average Bonchev–Trinajstić information content (AvgIpc) is 0.748. The second kappa shape index (κ2) is 26.4. The average molecular weight is 1570 g/mol. The fourth-order valence-electron chi connectivity index (χ4n) is 20.2. The second-order valence-corrected chi connectivity index (χ2v) is 36.7. The molecule has 0 aliphatic carbocycles. The number of benzene rings is 17. The molecule has 120 heavy (non-hydrogen) atoms. The summed E-state index contributed by atoms with van der Waals surface area (Å²) in [5, 5.41) is 22.6. The first-order valence-electron chi connectivity index (χ1n) is 41.5. The van der Waals surface area contributed by atoms with Gasteiger partial charge in [-0.15, -0.1) is 22.7 Å². The first-order chi connectivity index (χ1) is 58.8. The van der Waals surface area contributed by atoms with Crippen LogP contribution >= 0.6 is 22.7 Å². The third kappa shape index (κ3) is 10.5. The van der Waals surface area contributed by atoms with Crippen LogP contribution in [-0.2, 0) is 10.8 Å². The Morgan fingerprint density at radius 3 is 1.30 bits per heavy atom. The minimum Gasteiger partial charge on any atom is -0.309 e. The number of rotatable bonds is 9. The molecule has 0 amide bonds. The van der Waals surface area contributed by atoms with E-state index in [9.17, 15) is 5.26 Å². The van der Waals surface area contributed by atoms with Crippen LogP contribution in [0, 0.1) is 11.3 Å². The zero-order valence-electron chi connectivity index (χ0n) is 67.1. The molecule has 2 aliphatic heterocycles. The molecule has 566 valence electrons. The molecule has 7 heterocycles. The van der Waals surface area contributed by atoms with E-state index in [4.69, 9.17) is 0 Å². The van der Waals surface area contributed by atoms with Gasteiger partial charge in [-0.2, -0.15) is 5.26 Å². The number of anilines is 6. The fraction of sp³-hybridized carbons (Fsp3) is 0.0721. The number of fused-ring (bicyclic) bond motifs is 19. The van der Waals surface area contributed by atoms with Crippen molar-refractivity contribution in [3.8, 4) is 67.6 Å². The number of thiophene rings is 2. The van der Waals surface area contributed by atoms with E-state index in [1.54, 1.807) is 0 Å². The number of nitriles is 1. The molecule has 0 saturated carbocycles. The lowest BCUT2D eigenvalue weighted by Crippen LogP contribution is -2.61. The minimum atomic E-state index is -0.377. The maximum atomic E-state index is 10.9. The molecule has 0 atom stereocenters. The van der Waals surface area contributed by atoms with Crippen molar-refractivity contribution < 1.29 is 0 Å². The predicted octanol–water partition coefficient (Wildman–Crippen LogP) is 28.9. The lowest BCUT2D eigenvalue weighted by atomic mass is 9.33. The van der Waals surface area contributed by atoms with Crippen molar-refractivity contribution in [2.24, 2.45) is 0 Å². The Morgan fingerprint density at radius 1 is 0.275 bits per heavy atom. The highest BCUT2D eigenvalue weighted by Crippen LogP contribution is 2.57. The molecule has 0 spiro atoms. The van der Waals surface area contributed by atoms with Crippen LogP contribution in [0.3, 0.4) is 0 Å². The summed E-state index contributed by atoms with van der Waals surface area (Å²) < 4.78 is 12.7. The number of nitrogens with zero attached hydrogens (tertiary/aromatic N) is 6. The summed E-state index contributed by atoms with van der Waals surface area (Å²) in [4.78, 5) is 5.45. The van der Waals surface area contributed by atoms with Crippen molar-refractivity contribution in [3.63, 3.8) is 0 Å². The summed E-state index contributed by atoms with van der Waals surface area (Å²) in [5.41, 5.74) is 31.2. The van der Waals surface area contributed by atoms with E-state index in [-0.39, 0.29) is 17.5 Å². The number of para-hydroxylation sites is 6. The first-order valence-corrected chi connectivity index (χ1v) is 43.2. The first kappa shape index (κ1) is 70.0. The van der Waals surface area contributed by atoms with E-state index >= 15 is 0 Å². The van der Waals surface area contributed by atoms with Crippen molar-refractivity contribution >= 4 is 186 Å². The largest absolute Gasteiger partial charge is 0.309 e. The van der Waals surface area contributed by atoms with Gasteiger partial charge in [0.05, 0.1) is 73.2 Å². The molecule has 6 nitrogen and oxygen atoms in total. The molecule has 22 aromatic rings. The third-order valence-corrected chi connectivity index (χ3v) is 28.0. The van der Waals surface area contributed by atoms with Crippen LogP contribution in [0.25, 0.3) is 167 Å². The van der Waals surface area contributed by atoms with Crippen LogP contribution in [0.15, 0.2) is 358 Å². The molecule has 5 aromatic heterocycles. The van der Waals surface area contributed by atoms with E-state index in [1.165, 1.54) is 83.9 Å². The minimum absolute atomic E-state index is 0.0707. The van der Waals surface area contributed by atoms with Crippen molar-refractivity contribution in [1.29, 1.82) is 5.26 Å². The third-order valence-electron chi connectivity index (χ3n) is 25.7. The predicted molar refractivity (Wildman–Crippen MR) is 513 cm³/mol. The highest BCUT2D eigenvalue weighted by Gasteiger charge is 2.47. The summed E-state index contributed by atoms with van der Waals surface area (Å²) in [6.07, 6.45) is 0. The SMILES string of the molecule is CC(C)(C)c1cc(-c2ccc3sc4ccc(C(C)(C)C)cc4c3c2)c(N2c3ccc(-c4ccccc4)cc3B3c4cc(-c5ccccc5)ccc4N(c4c(-c5cccc6sc7ccccc7c56)cccc4-n4c5ccccc5c5ccccc54)c4cc(-n5c6ccccc6c6cc(C#N)ccc65)cc2c43)c(-n2c3ccccc3c3ccccc32)c1. The smallest absolute Gasteiger partial charge is 0.252 e. The molecule has 9 heteroatoms. The van der Waals surface area contributed by atoms with Crippen LogP contribution < -0.4 is 26.2 Å². The van der Waals surface area contributed by atoms with Crippen LogP contribution in [-0.4, -0.2) is 20.4 Å². The van der Waals surface area contributed by atoms with Gasteiger partial charge in [-0.25, -0.2) is 0 Å². The van der Waals surface area contributed by atoms with E-state index in [2.05, 4.69) is 423 Å². The molecule has 0 fully saturated rings. The molecular weight excluding hydrogens is 1490 g/mol. The van der Waals surface area contributed by atoms with Gasteiger partial charge in [-0.1, -0.05) is 272 Å². The van der Waals surface area contributed by atoms with Crippen LogP contribution in [0.1, 0.15) is 58.2 Å². The number of hydrogen-bond donors (Lipinski definition) is 0. The summed E-state index contributed by atoms with van der Waals surface area (Å²) >= 11 is 3.74. The van der Waals surface area contributed by atoms with Gasteiger partial charge in [-0.3, -0.25) is 0 Å². The Morgan fingerprint density at radius 2 is 0.725 bits per heavy atom. The normalized spacial score (nSPS) is 12.9. The molecule has 0 radical (unpaired) electrons. The van der Waals surface area contributed by atoms with Gasteiger partial charge in [0.15, 0.2) is 0 Å². The quantitative estimate of drug-likeness (QED) is 0.135. The zero-order valence-corrected chi connectivity index (χ0v) is 68.8. The number of aromatic nitrogens is 3. The van der Waals surface area contributed by atoms with Gasteiger partial charge in [-0.05, 0) is 199 Å². The lowest BCUT2D eigenvalue weighted by molar-refractivity contribution is 0.590. The summed E-state index contributed by atoms with van der Waals surface area (Å²) in [5.74, 6) is 0. The summed E-state index contributed by atoms with van der Waals surface area (Å²) in [6.45, 7) is 13.7. The van der Waals surface area contributed by atoms with Gasteiger partial charge in [0, 0.05) is 107 Å². The highest BCUT2D eigenvalue weighted by molar-refractivity contribution is 7.26. The molecule has 0 N–H and O–H groups in total.